The highest BCUT2D eigenvalue weighted by Gasteiger charge is 2.27. The number of carbonyl (C=O) groups is 1. The first kappa shape index (κ1) is 10.2. The molecule has 1 aromatic heterocycles. The summed E-state index contributed by atoms with van der Waals surface area (Å²) in [6.07, 6.45) is 0. The molecule has 1 aliphatic heterocycles. The molecule has 0 fully saturated rings. The Balaban J connectivity index is 2.57. The molecule has 1 aromatic rings. The third kappa shape index (κ3) is 1.52. The van der Waals surface area contributed by atoms with Crippen LogP contribution in [0.4, 0.5) is 0 Å². The van der Waals surface area contributed by atoms with Gasteiger partial charge >= 0.3 is 5.97 Å². The number of fused-ring (bicyclic) bond motifs is 1. The fourth-order valence-electron chi connectivity index (χ4n) is 2.16. The van der Waals surface area contributed by atoms with Gasteiger partial charge in [-0.2, -0.15) is 5.10 Å². The molecule has 0 aromatic carbocycles. The molecule has 5 heteroatoms. The Bertz CT molecular complexity index is 398. The number of hydrogen-bond donors (Lipinski definition) is 2. The Hall–Kier alpha value is -1.36. The van der Waals surface area contributed by atoms with Gasteiger partial charge in [0.05, 0.1) is 0 Å². The zero-order chi connectivity index (χ0) is 11.0. The fourth-order valence-corrected chi connectivity index (χ4v) is 2.16. The summed E-state index contributed by atoms with van der Waals surface area (Å²) in [5, 5.41) is 16.4. The van der Waals surface area contributed by atoms with E-state index < -0.39 is 5.97 Å². The van der Waals surface area contributed by atoms with E-state index in [1.807, 2.05) is 11.6 Å². The molecule has 0 amide bonds. The minimum atomic E-state index is -0.936. The van der Waals surface area contributed by atoms with Crippen LogP contribution >= 0.6 is 0 Å². The topological polar surface area (TPSA) is 67.2 Å². The Labute approximate surface area is 88.1 Å². The van der Waals surface area contributed by atoms with Gasteiger partial charge in [0.1, 0.15) is 0 Å². The van der Waals surface area contributed by atoms with Crippen LogP contribution in [-0.2, 0) is 13.1 Å². The van der Waals surface area contributed by atoms with Crippen molar-refractivity contribution in [2.24, 2.45) is 0 Å². The van der Waals surface area contributed by atoms with E-state index in [9.17, 15) is 4.79 Å². The van der Waals surface area contributed by atoms with Gasteiger partial charge in [-0.1, -0.05) is 6.92 Å². The van der Waals surface area contributed by atoms with Gasteiger partial charge in [0.25, 0.3) is 0 Å². The monoisotopic (exact) mass is 209 g/mol. The summed E-state index contributed by atoms with van der Waals surface area (Å²) in [6.45, 7) is 6.29. The predicted octanol–water partition coefficient (Wildman–Crippen LogP) is 0.808. The molecule has 15 heavy (non-hydrogen) atoms. The Morgan fingerprint density at radius 3 is 3.07 bits per heavy atom. The summed E-state index contributed by atoms with van der Waals surface area (Å²) in [6, 6.07) is 0. The van der Waals surface area contributed by atoms with Crippen molar-refractivity contribution in [3.05, 3.63) is 17.0 Å². The maximum atomic E-state index is 11.0. The number of nitrogens with zero attached hydrogens (tertiary/aromatic N) is 2. The molecule has 82 valence electrons. The van der Waals surface area contributed by atoms with E-state index in [0.717, 1.165) is 24.3 Å². The van der Waals surface area contributed by atoms with Crippen molar-refractivity contribution in [2.75, 3.05) is 6.54 Å². The number of aryl methyl sites for hydroxylation is 1. The average molecular weight is 209 g/mol. The highest BCUT2D eigenvalue weighted by molar-refractivity contribution is 5.87. The summed E-state index contributed by atoms with van der Waals surface area (Å²) in [7, 11) is 0. The SMILES string of the molecule is CCn1nc(C(=O)O)c2c1[C@@H](C)CNC2. The lowest BCUT2D eigenvalue weighted by Crippen LogP contribution is -2.28. The van der Waals surface area contributed by atoms with Crippen LogP contribution in [0.5, 0.6) is 0 Å². The van der Waals surface area contributed by atoms with E-state index in [0.29, 0.717) is 12.5 Å². The molecule has 2 rings (SSSR count). The van der Waals surface area contributed by atoms with Crippen molar-refractivity contribution < 1.29 is 9.90 Å². The maximum absolute atomic E-state index is 11.0. The molecular weight excluding hydrogens is 194 g/mol. The number of rotatable bonds is 2. The van der Waals surface area contributed by atoms with Gasteiger partial charge in [-0.25, -0.2) is 4.79 Å². The zero-order valence-corrected chi connectivity index (χ0v) is 8.95. The van der Waals surface area contributed by atoms with Crippen molar-refractivity contribution in [3.8, 4) is 0 Å². The minimum absolute atomic E-state index is 0.200. The normalized spacial score (nSPS) is 20.0. The van der Waals surface area contributed by atoms with Crippen LogP contribution in [-0.4, -0.2) is 27.4 Å². The van der Waals surface area contributed by atoms with Crippen LogP contribution in [0, 0.1) is 0 Å². The first-order valence-electron chi connectivity index (χ1n) is 5.18. The second kappa shape index (κ2) is 3.66. The van der Waals surface area contributed by atoms with Gasteiger partial charge in [-0.05, 0) is 6.92 Å². The maximum Gasteiger partial charge on any atom is 0.356 e. The van der Waals surface area contributed by atoms with Crippen molar-refractivity contribution in [2.45, 2.75) is 32.9 Å². The molecule has 0 bridgehead atoms. The Morgan fingerprint density at radius 1 is 1.73 bits per heavy atom. The zero-order valence-electron chi connectivity index (χ0n) is 8.95. The van der Waals surface area contributed by atoms with Gasteiger partial charge in [0.15, 0.2) is 5.69 Å². The first-order chi connectivity index (χ1) is 7.15. The molecule has 5 nitrogen and oxygen atoms in total. The summed E-state index contributed by atoms with van der Waals surface area (Å²) < 4.78 is 1.81. The number of carboxylic acids is 1. The molecule has 2 heterocycles. The summed E-state index contributed by atoms with van der Waals surface area (Å²) in [5.41, 5.74) is 2.13. The van der Waals surface area contributed by atoms with E-state index in [-0.39, 0.29) is 5.69 Å². The molecular formula is C10H15N3O2. The summed E-state index contributed by atoms with van der Waals surface area (Å²) in [5.74, 6) is -0.608. The van der Waals surface area contributed by atoms with Crippen LogP contribution < -0.4 is 5.32 Å². The molecule has 1 aliphatic rings. The Morgan fingerprint density at radius 2 is 2.47 bits per heavy atom. The van der Waals surface area contributed by atoms with Crippen LogP contribution in [0.2, 0.25) is 0 Å². The molecule has 0 spiro atoms. The second-order valence-corrected chi connectivity index (χ2v) is 3.87. The highest BCUT2D eigenvalue weighted by Crippen LogP contribution is 2.26. The molecule has 0 radical (unpaired) electrons. The molecule has 0 aliphatic carbocycles. The van der Waals surface area contributed by atoms with Gasteiger partial charge < -0.3 is 10.4 Å². The lowest BCUT2D eigenvalue weighted by Gasteiger charge is -2.21. The average Bonchev–Trinajstić information content (AvgIpc) is 2.58. The van der Waals surface area contributed by atoms with Gasteiger partial charge in [-0.15, -0.1) is 0 Å². The van der Waals surface area contributed by atoms with Gasteiger partial charge in [-0.3, -0.25) is 4.68 Å². The first-order valence-corrected chi connectivity index (χ1v) is 5.18. The standard InChI is InChI=1S/C10H15N3O2/c1-3-13-9-6(2)4-11-5-7(9)8(12-13)10(14)15/h6,11H,3-5H2,1-2H3,(H,14,15)/t6-/m0/s1. The van der Waals surface area contributed by atoms with Crippen LogP contribution in [0.3, 0.4) is 0 Å². The number of carboxylic acid groups (broad SMARTS) is 1. The second-order valence-electron chi connectivity index (χ2n) is 3.87. The summed E-state index contributed by atoms with van der Waals surface area (Å²) in [4.78, 5) is 11.0. The smallest absolute Gasteiger partial charge is 0.356 e. The van der Waals surface area contributed by atoms with E-state index >= 15 is 0 Å². The van der Waals surface area contributed by atoms with E-state index in [4.69, 9.17) is 5.11 Å². The number of nitrogens with one attached hydrogen (secondary N) is 1. The number of aromatic nitrogens is 2. The largest absolute Gasteiger partial charge is 0.476 e. The molecule has 0 saturated carbocycles. The van der Waals surface area contributed by atoms with Crippen molar-refractivity contribution in [1.29, 1.82) is 0 Å². The van der Waals surface area contributed by atoms with Gasteiger partial charge in [0.2, 0.25) is 0 Å². The Kier molecular flexibility index (Phi) is 2.48. The van der Waals surface area contributed by atoms with E-state index in [2.05, 4.69) is 17.3 Å². The third-order valence-electron chi connectivity index (χ3n) is 2.82. The molecule has 1 atom stereocenters. The van der Waals surface area contributed by atoms with E-state index in [1.165, 1.54) is 0 Å². The van der Waals surface area contributed by atoms with Crippen molar-refractivity contribution in [3.63, 3.8) is 0 Å². The highest BCUT2D eigenvalue weighted by atomic mass is 16.4. The quantitative estimate of drug-likeness (QED) is 0.756. The van der Waals surface area contributed by atoms with Crippen LogP contribution in [0.25, 0.3) is 0 Å². The third-order valence-corrected chi connectivity index (χ3v) is 2.82. The predicted molar refractivity (Wildman–Crippen MR) is 55.0 cm³/mol. The van der Waals surface area contributed by atoms with Crippen LogP contribution in [0.15, 0.2) is 0 Å². The summed E-state index contributed by atoms with van der Waals surface area (Å²) >= 11 is 0. The van der Waals surface area contributed by atoms with Gasteiger partial charge in [0, 0.05) is 36.8 Å². The number of hydrogen-bond acceptors (Lipinski definition) is 3. The van der Waals surface area contributed by atoms with Crippen molar-refractivity contribution in [1.82, 2.24) is 15.1 Å². The van der Waals surface area contributed by atoms with Crippen molar-refractivity contribution >= 4 is 5.97 Å². The lowest BCUT2D eigenvalue weighted by molar-refractivity contribution is 0.0688. The molecule has 2 N–H and O–H groups in total. The molecule has 0 unspecified atom stereocenters. The van der Waals surface area contributed by atoms with E-state index in [1.54, 1.807) is 0 Å². The van der Waals surface area contributed by atoms with Crippen LogP contribution in [0.1, 0.15) is 41.5 Å². The number of aromatic carboxylic acids is 1. The minimum Gasteiger partial charge on any atom is -0.476 e. The molecule has 0 saturated heterocycles. The fraction of sp³-hybridized carbons (Fsp3) is 0.600. The lowest BCUT2D eigenvalue weighted by atomic mass is 9.98.